The minimum Gasteiger partial charge on any atom is -0.472 e. The van der Waals surface area contributed by atoms with Crippen LogP contribution >= 0.6 is 0 Å². The number of aryl methyl sites for hydroxylation is 1. The number of carbonyl (C=O) groups excluding carboxylic acids is 2. The van der Waals surface area contributed by atoms with Crippen LogP contribution < -0.4 is 5.32 Å². The van der Waals surface area contributed by atoms with E-state index >= 15 is 0 Å². The second kappa shape index (κ2) is 7.17. The molecule has 3 heterocycles. The fraction of sp³-hybridized carbons (Fsp3) is 0.579. The summed E-state index contributed by atoms with van der Waals surface area (Å²) >= 11 is 0. The highest BCUT2D eigenvalue weighted by Crippen LogP contribution is 2.38. The Bertz CT molecular complexity index is 800. The predicted octanol–water partition coefficient (Wildman–Crippen LogP) is 2.41. The summed E-state index contributed by atoms with van der Waals surface area (Å²) in [5.74, 6) is 0.964. The zero-order valence-corrected chi connectivity index (χ0v) is 15.4. The van der Waals surface area contributed by atoms with Crippen LogP contribution in [0.3, 0.4) is 0 Å². The molecule has 144 valence electrons. The number of nitrogens with zero attached hydrogens (tertiary/aromatic N) is 3. The molecule has 0 aromatic carbocycles. The summed E-state index contributed by atoms with van der Waals surface area (Å²) in [5, 5.41) is 7.29. The van der Waals surface area contributed by atoms with E-state index in [4.69, 9.17) is 8.94 Å². The first-order valence-corrected chi connectivity index (χ1v) is 9.52. The normalized spacial score (nSPS) is 20.0. The van der Waals surface area contributed by atoms with Gasteiger partial charge in [0.15, 0.2) is 5.82 Å². The SMILES string of the molecule is Cc1nc(C2(NC(=O)C3CCN(C(=O)c4ccoc4)CC3)CCCC2)no1. The lowest BCUT2D eigenvalue weighted by Gasteiger charge is -2.34. The third-order valence-electron chi connectivity index (χ3n) is 5.70. The summed E-state index contributed by atoms with van der Waals surface area (Å²) in [7, 11) is 0. The maximum Gasteiger partial charge on any atom is 0.257 e. The smallest absolute Gasteiger partial charge is 0.257 e. The largest absolute Gasteiger partial charge is 0.472 e. The van der Waals surface area contributed by atoms with Crippen molar-refractivity contribution >= 4 is 11.8 Å². The topological polar surface area (TPSA) is 101 Å². The fourth-order valence-electron chi connectivity index (χ4n) is 4.13. The third-order valence-corrected chi connectivity index (χ3v) is 5.70. The number of carbonyl (C=O) groups is 2. The first-order chi connectivity index (χ1) is 13.1. The summed E-state index contributed by atoms with van der Waals surface area (Å²) in [6, 6.07) is 1.66. The summed E-state index contributed by atoms with van der Waals surface area (Å²) < 4.78 is 10.1. The highest BCUT2D eigenvalue weighted by atomic mass is 16.5. The quantitative estimate of drug-likeness (QED) is 0.884. The maximum atomic E-state index is 12.9. The molecule has 1 saturated heterocycles. The van der Waals surface area contributed by atoms with Crippen LogP contribution in [0.1, 0.15) is 60.6 Å². The van der Waals surface area contributed by atoms with Crippen molar-refractivity contribution in [2.24, 2.45) is 5.92 Å². The van der Waals surface area contributed by atoms with Crippen LogP contribution in [0, 0.1) is 12.8 Å². The molecule has 2 aliphatic rings. The molecule has 1 aliphatic carbocycles. The monoisotopic (exact) mass is 372 g/mol. The van der Waals surface area contributed by atoms with E-state index in [1.165, 1.54) is 12.5 Å². The van der Waals surface area contributed by atoms with Crippen molar-refractivity contribution in [3.63, 3.8) is 0 Å². The van der Waals surface area contributed by atoms with Crippen molar-refractivity contribution in [1.82, 2.24) is 20.4 Å². The molecule has 4 rings (SSSR count). The van der Waals surface area contributed by atoms with Gasteiger partial charge in [0.05, 0.1) is 11.8 Å². The van der Waals surface area contributed by atoms with E-state index in [2.05, 4.69) is 15.5 Å². The standard InChI is InChI=1S/C19H24N4O4/c1-13-20-18(22-27-13)19(7-2-3-8-19)21-16(24)14-4-9-23(10-5-14)17(25)15-6-11-26-12-15/h6,11-12,14H,2-5,7-10H2,1H3,(H,21,24). The maximum absolute atomic E-state index is 12.9. The van der Waals surface area contributed by atoms with Crippen molar-refractivity contribution in [3.05, 3.63) is 35.9 Å². The van der Waals surface area contributed by atoms with Gasteiger partial charge < -0.3 is 19.2 Å². The Hall–Kier alpha value is -2.64. The van der Waals surface area contributed by atoms with Crippen LogP contribution in [0.15, 0.2) is 27.5 Å². The van der Waals surface area contributed by atoms with Gasteiger partial charge in [0.2, 0.25) is 11.8 Å². The van der Waals surface area contributed by atoms with E-state index in [9.17, 15) is 9.59 Å². The highest BCUT2D eigenvalue weighted by molar-refractivity contribution is 5.94. The number of furan rings is 1. The third kappa shape index (κ3) is 3.48. The van der Waals surface area contributed by atoms with E-state index in [0.717, 1.165) is 25.7 Å². The number of piperidine rings is 1. The molecule has 2 aromatic rings. The summed E-state index contributed by atoms with van der Waals surface area (Å²) in [6.07, 6.45) is 7.97. The Kier molecular flexibility index (Phi) is 4.72. The van der Waals surface area contributed by atoms with E-state index in [-0.39, 0.29) is 17.7 Å². The van der Waals surface area contributed by atoms with Crippen LogP contribution in [0.2, 0.25) is 0 Å². The first kappa shape index (κ1) is 17.8. The molecule has 0 bridgehead atoms. The minimum atomic E-state index is -0.515. The van der Waals surface area contributed by atoms with Crippen LogP contribution in [-0.2, 0) is 10.3 Å². The van der Waals surface area contributed by atoms with Crippen molar-refractivity contribution in [1.29, 1.82) is 0 Å². The molecule has 0 spiro atoms. The molecular formula is C19H24N4O4. The Morgan fingerprint density at radius 2 is 2.00 bits per heavy atom. The minimum absolute atomic E-state index is 0.0229. The van der Waals surface area contributed by atoms with Crippen LogP contribution in [0.25, 0.3) is 0 Å². The van der Waals surface area contributed by atoms with E-state index in [1.54, 1.807) is 17.9 Å². The second-order valence-corrected chi connectivity index (χ2v) is 7.49. The van der Waals surface area contributed by atoms with Gasteiger partial charge in [-0.05, 0) is 31.7 Å². The molecule has 0 radical (unpaired) electrons. The van der Waals surface area contributed by atoms with Gasteiger partial charge in [0, 0.05) is 25.9 Å². The molecule has 27 heavy (non-hydrogen) atoms. The van der Waals surface area contributed by atoms with Gasteiger partial charge in [-0.1, -0.05) is 18.0 Å². The van der Waals surface area contributed by atoms with Gasteiger partial charge in [0.1, 0.15) is 11.8 Å². The zero-order valence-electron chi connectivity index (χ0n) is 15.4. The number of likely N-dealkylation sites (tertiary alicyclic amines) is 1. The van der Waals surface area contributed by atoms with Gasteiger partial charge >= 0.3 is 0 Å². The molecule has 1 aliphatic heterocycles. The Labute approximate surface area is 157 Å². The molecule has 2 amide bonds. The Balaban J connectivity index is 1.38. The average Bonchev–Trinajstić information content (AvgIpc) is 3.43. The fourth-order valence-corrected chi connectivity index (χ4v) is 4.13. The summed E-state index contributed by atoms with van der Waals surface area (Å²) in [4.78, 5) is 31.5. The predicted molar refractivity (Wildman–Crippen MR) is 94.7 cm³/mol. The van der Waals surface area contributed by atoms with Crippen LogP contribution in [0.5, 0.6) is 0 Å². The lowest BCUT2D eigenvalue weighted by molar-refractivity contribution is -0.128. The van der Waals surface area contributed by atoms with E-state index < -0.39 is 5.54 Å². The van der Waals surface area contributed by atoms with Gasteiger partial charge in [-0.3, -0.25) is 9.59 Å². The van der Waals surface area contributed by atoms with Crippen molar-refractivity contribution < 1.29 is 18.5 Å². The van der Waals surface area contributed by atoms with Gasteiger partial charge in [-0.2, -0.15) is 4.98 Å². The molecule has 8 nitrogen and oxygen atoms in total. The molecule has 1 saturated carbocycles. The first-order valence-electron chi connectivity index (χ1n) is 9.52. The molecule has 0 unspecified atom stereocenters. The van der Waals surface area contributed by atoms with Gasteiger partial charge in [0.25, 0.3) is 5.91 Å². The number of hydrogen-bond donors (Lipinski definition) is 1. The number of aromatic nitrogens is 2. The van der Waals surface area contributed by atoms with Crippen LogP contribution in [0.4, 0.5) is 0 Å². The van der Waals surface area contributed by atoms with Crippen LogP contribution in [-0.4, -0.2) is 39.9 Å². The van der Waals surface area contributed by atoms with Gasteiger partial charge in [-0.25, -0.2) is 0 Å². The zero-order chi connectivity index (χ0) is 18.9. The van der Waals surface area contributed by atoms with Gasteiger partial charge in [-0.15, -0.1) is 0 Å². The molecule has 0 atom stereocenters. The number of nitrogens with one attached hydrogen (secondary N) is 1. The molecule has 2 fully saturated rings. The lowest BCUT2D eigenvalue weighted by Crippen LogP contribution is -2.49. The average molecular weight is 372 g/mol. The highest BCUT2D eigenvalue weighted by Gasteiger charge is 2.42. The molecular weight excluding hydrogens is 348 g/mol. The lowest BCUT2D eigenvalue weighted by atomic mass is 9.91. The van der Waals surface area contributed by atoms with Crippen molar-refractivity contribution in [3.8, 4) is 0 Å². The molecule has 8 heteroatoms. The number of amides is 2. The number of hydrogen-bond acceptors (Lipinski definition) is 6. The Morgan fingerprint density at radius 1 is 1.26 bits per heavy atom. The van der Waals surface area contributed by atoms with Crippen molar-refractivity contribution in [2.45, 2.75) is 51.0 Å². The molecule has 2 aromatic heterocycles. The van der Waals surface area contributed by atoms with Crippen molar-refractivity contribution in [2.75, 3.05) is 13.1 Å². The molecule has 1 N–H and O–H groups in total. The van der Waals surface area contributed by atoms with E-state index in [0.29, 0.717) is 43.2 Å². The van der Waals surface area contributed by atoms with E-state index in [1.807, 2.05) is 0 Å². The summed E-state index contributed by atoms with van der Waals surface area (Å²) in [6.45, 7) is 2.89. The Morgan fingerprint density at radius 3 is 2.59 bits per heavy atom. The summed E-state index contributed by atoms with van der Waals surface area (Å²) in [5.41, 5.74) is 0.0359. The second-order valence-electron chi connectivity index (χ2n) is 7.49. The number of rotatable bonds is 4.